The molecule has 57 heavy (non-hydrogen) atoms. The lowest BCUT2D eigenvalue weighted by molar-refractivity contribution is -0.176. The topological polar surface area (TPSA) is 117 Å². The van der Waals surface area contributed by atoms with Crippen molar-refractivity contribution in [3.63, 3.8) is 0 Å². The van der Waals surface area contributed by atoms with Crippen LogP contribution < -0.4 is 10.1 Å². The van der Waals surface area contributed by atoms with E-state index in [1.807, 2.05) is 12.1 Å². The average molecular weight is 811 g/mol. The fourth-order valence-electron chi connectivity index (χ4n) is 6.00. The number of halogens is 2. The Morgan fingerprint density at radius 2 is 1.09 bits per heavy atom. The number of carbonyl (C=O) groups excluding carboxylic acids is 4. The third-order valence-electron chi connectivity index (χ3n) is 8.92. The highest BCUT2D eigenvalue weighted by Crippen LogP contribution is 2.34. The van der Waals surface area contributed by atoms with Crippen LogP contribution in [-0.2, 0) is 61.3 Å². The first-order chi connectivity index (χ1) is 27.3. The van der Waals surface area contributed by atoms with E-state index in [-0.39, 0.29) is 32.7 Å². The van der Waals surface area contributed by atoms with Crippen molar-refractivity contribution in [1.29, 1.82) is 0 Å². The van der Waals surface area contributed by atoms with Gasteiger partial charge in [-0.3, -0.25) is 14.4 Å². The lowest BCUT2D eigenvalue weighted by atomic mass is 9.75. The normalized spacial score (nSPS) is 11.9. The zero-order chi connectivity index (χ0) is 40.8. The Hall–Kier alpha value is -5.64. The minimum Gasteiger partial charge on any atom is -0.489 e. The van der Waals surface area contributed by atoms with Gasteiger partial charge < -0.3 is 24.3 Å². The van der Waals surface area contributed by atoms with E-state index in [0.717, 1.165) is 0 Å². The quantitative estimate of drug-likeness (QED) is 0.0561. The molecule has 0 saturated heterocycles. The van der Waals surface area contributed by atoms with E-state index in [1.54, 1.807) is 142 Å². The fraction of sp³-hybridized carbons (Fsp3) is 0.261. The minimum absolute atomic E-state index is 0.00571. The van der Waals surface area contributed by atoms with Gasteiger partial charge in [-0.05, 0) is 80.1 Å². The Kier molecular flexibility index (Phi) is 14.9. The number of nitrogens with one attached hydrogen (secondary N) is 1. The highest BCUT2D eigenvalue weighted by atomic mass is 35.5. The van der Waals surface area contributed by atoms with Gasteiger partial charge in [0.2, 0.25) is 0 Å². The first-order valence-electron chi connectivity index (χ1n) is 18.4. The Labute approximate surface area is 343 Å². The second-order valence-corrected chi connectivity index (χ2v) is 15.4. The molecule has 296 valence electrons. The van der Waals surface area contributed by atoms with E-state index in [0.29, 0.717) is 43.6 Å². The van der Waals surface area contributed by atoms with Crippen LogP contribution in [0, 0.1) is 5.41 Å². The van der Waals surface area contributed by atoms with Crippen LogP contribution in [-0.4, -0.2) is 35.5 Å². The number of esters is 2. The summed E-state index contributed by atoms with van der Waals surface area (Å²) in [6.45, 7) is 4.94. The lowest BCUT2D eigenvalue weighted by Crippen LogP contribution is -2.50. The number of rotatable bonds is 17. The predicted octanol–water partition coefficient (Wildman–Crippen LogP) is 9.68. The summed E-state index contributed by atoms with van der Waals surface area (Å²) in [6, 6.07) is 37.8. The van der Waals surface area contributed by atoms with E-state index in [9.17, 15) is 19.2 Å². The molecular formula is C46H45Cl2NO8. The summed E-state index contributed by atoms with van der Waals surface area (Å²) in [6.07, 6.45) is -1.71. The minimum atomic E-state index is -2.13. The molecule has 5 rings (SSSR count). The van der Waals surface area contributed by atoms with Crippen molar-refractivity contribution >= 4 is 47.0 Å². The van der Waals surface area contributed by atoms with E-state index >= 15 is 0 Å². The Bertz CT molecular complexity index is 2030. The van der Waals surface area contributed by atoms with Gasteiger partial charge in [0.1, 0.15) is 31.2 Å². The van der Waals surface area contributed by atoms with Crippen LogP contribution >= 0.6 is 23.2 Å². The summed E-state index contributed by atoms with van der Waals surface area (Å²) in [7, 11) is 0. The maximum atomic E-state index is 14.7. The van der Waals surface area contributed by atoms with Gasteiger partial charge in [-0.1, -0.05) is 132 Å². The number of benzene rings is 5. The molecule has 9 nitrogen and oxygen atoms in total. The molecule has 0 aromatic heterocycles. The molecule has 0 aliphatic rings. The maximum absolute atomic E-state index is 14.7. The van der Waals surface area contributed by atoms with E-state index in [4.69, 9.17) is 42.1 Å². The summed E-state index contributed by atoms with van der Waals surface area (Å²) in [5, 5.41) is 3.65. The molecule has 0 bridgehead atoms. The number of Topliss-reactive ketones (excluding diaryl/α,β-unsaturated/α-hetero) is 1. The van der Waals surface area contributed by atoms with Gasteiger partial charge in [-0.25, -0.2) is 4.79 Å². The molecule has 0 spiro atoms. The number of ketones is 1. The molecule has 1 amide bonds. The largest absolute Gasteiger partial charge is 0.489 e. The molecule has 0 aliphatic carbocycles. The Balaban J connectivity index is 1.46. The van der Waals surface area contributed by atoms with Crippen molar-refractivity contribution in [3.8, 4) is 5.75 Å². The number of carbonyl (C=O) groups is 4. The smallest absolute Gasteiger partial charge is 0.408 e. The van der Waals surface area contributed by atoms with Gasteiger partial charge in [0.05, 0.1) is 6.04 Å². The van der Waals surface area contributed by atoms with Crippen molar-refractivity contribution < 1.29 is 38.1 Å². The van der Waals surface area contributed by atoms with Gasteiger partial charge in [-0.15, -0.1) is 0 Å². The Morgan fingerprint density at radius 1 is 0.596 bits per heavy atom. The van der Waals surface area contributed by atoms with Crippen molar-refractivity contribution in [2.45, 2.75) is 71.5 Å². The third kappa shape index (κ3) is 12.7. The highest BCUT2D eigenvalue weighted by molar-refractivity contribution is 6.35. The third-order valence-corrected chi connectivity index (χ3v) is 9.63. The van der Waals surface area contributed by atoms with Crippen LogP contribution in [0.4, 0.5) is 4.79 Å². The van der Waals surface area contributed by atoms with Crippen molar-refractivity contribution in [1.82, 2.24) is 5.32 Å². The number of ether oxygens (including phenoxy) is 4. The van der Waals surface area contributed by atoms with E-state index in [1.165, 1.54) is 0 Å². The average Bonchev–Trinajstić information content (AvgIpc) is 3.19. The molecule has 0 unspecified atom stereocenters. The predicted molar refractivity (Wildman–Crippen MR) is 219 cm³/mol. The number of alkyl carbamates (subject to hydrolysis) is 1. The molecule has 1 atom stereocenters. The molecule has 0 fully saturated rings. The molecule has 11 heteroatoms. The van der Waals surface area contributed by atoms with Crippen molar-refractivity contribution in [2.24, 2.45) is 5.41 Å². The van der Waals surface area contributed by atoms with E-state index in [2.05, 4.69) is 5.32 Å². The van der Waals surface area contributed by atoms with Gasteiger partial charge in [0, 0.05) is 22.0 Å². The molecule has 5 aromatic rings. The summed E-state index contributed by atoms with van der Waals surface area (Å²) in [5.74, 6) is -1.96. The maximum Gasteiger partial charge on any atom is 0.408 e. The standard InChI is InChI=1S/C46H45Cl2NO8/c1-45(2,3)57-44(53)49-40(26-32-22-24-36(25-23-32)54-31-37-38(47)20-13-21-39(37)48)41(50)28-46(27-33-14-7-4-8-15-33,42(51)55-29-34-16-9-5-10-17-34)43(52)56-30-35-18-11-6-12-19-35/h4-25,40H,26-31H2,1-3H3,(H,49,53)/t40-/m0/s1. The van der Waals surface area contributed by atoms with Gasteiger partial charge >= 0.3 is 18.0 Å². The van der Waals surface area contributed by atoms with Gasteiger partial charge in [-0.2, -0.15) is 0 Å². The van der Waals surface area contributed by atoms with Crippen molar-refractivity contribution in [3.05, 3.63) is 171 Å². The molecule has 0 radical (unpaired) electrons. The van der Waals surface area contributed by atoms with Crippen LogP contribution in [0.15, 0.2) is 133 Å². The lowest BCUT2D eigenvalue weighted by Gasteiger charge is -2.31. The molecule has 0 aliphatic heterocycles. The summed E-state index contributed by atoms with van der Waals surface area (Å²) >= 11 is 12.6. The molecule has 0 saturated carbocycles. The van der Waals surface area contributed by atoms with Crippen LogP contribution in [0.25, 0.3) is 0 Å². The van der Waals surface area contributed by atoms with E-state index < -0.39 is 47.3 Å². The fourth-order valence-corrected chi connectivity index (χ4v) is 6.51. The zero-order valence-electron chi connectivity index (χ0n) is 32.0. The summed E-state index contributed by atoms with van der Waals surface area (Å²) in [5.41, 5.74) is 0.267. The number of hydrogen-bond donors (Lipinski definition) is 1. The first-order valence-corrected chi connectivity index (χ1v) is 19.2. The van der Waals surface area contributed by atoms with Crippen LogP contribution in [0.1, 0.15) is 55.0 Å². The summed E-state index contributed by atoms with van der Waals surface area (Å²) < 4.78 is 23.1. The van der Waals surface area contributed by atoms with Gasteiger partial charge in [0.25, 0.3) is 0 Å². The molecule has 0 heterocycles. The van der Waals surface area contributed by atoms with Crippen LogP contribution in [0.2, 0.25) is 10.0 Å². The Morgan fingerprint density at radius 3 is 1.58 bits per heavy atom. The molecular weight excluding hydrogens is 765 g/mol. The number of hydrogen-bond acceptors (Lipinski definition) is 8. The van der Waals surface area contributed by atoms with Crippen LogP contribution in [0.5, 0.6) is 5.75 Å². The van der Waals surface area contributed by atoms with Gasteiger partial charge in [0.15, 0.2) is 11.2 Å². The monoisotopic (exact) mass is 809 g/mol. The van der Waals surface area contributed by atoms with Crippen molar-refractivity contribution in [2.75, 3.05) is 0 Å². The second kappa shape index (κ2) is 20.0. The highest BCUT2D eigenvalue weighted by Gasteiger charge is 2.51. The van der Waals surface area contributed by atoms with Crippen LogP contribution in [0.3, 0.4) is 0 Å². The number of amides is 1. The molecule has 1 N–H and O–H groups in total. The first kappa shape index (κ1) is 42.5. The molecule has 5 aromatic carbocycles. The summed E-state index contributed by atoms with van der Waals surface area (Å²) in [4.78, 5) is 56.8. The SMILES string of the molecule is CC(C)(C)OC(=O)N[C@@H](Cc1ccc(OCc2c(Cl)cccc2Cl)cc1)C(=O)CC(Cc1ccccc1)(C(=O)OCc1ccccc1)C(=O)OCc1ccccc1. The second-order valence-electron chi connectivity index (χ2n) is 14.5. The zero-order valence-corrected chi connectivity index (χ0v) is 33.6.